The lowest BCUT2D eigenvalue weighted by atomic mass is 10.1. The van der Waals surface area contributed by atoms with Crippen molar-refractivity contribution >= 4 is 11.8 Å². The molecule has 6 nitrogen and oxygen atoms in total. The second-order valence-electron chi connectivity index (χ2n) is 6.14. The minimum atomic E-state index is -0.770. The topological polar surface area (TPSA) is 90.0 Å². The van der Waals surface area contributed by atoms with E-state index in [2.05, 4.69) is 10.4 Å². The molecule has 0 spiro atoms. The van der Waals surface area contributed by atoms with Gasteiger partial charge in [-0.15, -0.1) is 0 Å². The largest absolute Gasteiger partial charge is 0.368 e. The van der Waals surface area contributed by atoms with Gasteiger partial charge in [0, 0.05) is 11.8 Å². The Labute approximate surface area is 151 Å². The summed E-state index contributed by atoms with van der Waals surface area (Å²) in [4.78, 5) is 24.0. The standard InChI is InChI=1S/C20H20N4O2/c1-13-7-6-8-15(11-13)18-17(20(26)22-14(2)19(21)25)12-24(23-18)16-9-4-3-5-10-16/h3-12,14H,1-2H3,(H2,21,25)(H,22,26). The number of hydrogen-bond donors (Lipinski definition) is 2. The third-order valence-corrected chi connectivity index (χ3v) is 4.05. The van der Waals surface area contributed by atoms with Crippen molar-refractivity contribution in [2.24, 2.45) is 5.73 Å². The highest BCUT2D eigenvalue weighted by Crippen LogP contribution is 2.24. The van der Waals surface area contributed by atoms with Gasteiger partial charge in [-0.05, 0) is 32.0 Å². The summed E-state index contributed by atoms with van der Waals surface area (Å²) >= 11 is 0. The molecule has 0 bridgehead atoms. The van der Waals surface area contributed by atoms with Crippen molar-refractivity contribution in [3.63, 3.8) is 0 Å². The van der Waals surface area contributed by atoms with E-state index >= 15 is 0 Å². The normalized spacial score (nSPS) is 11.8. The van der Waals surface area contributed by atoms with Gasteiger partial charge in [-0.1, -0.05) is 42.0 Å². The number of primary amides is 1. The summed E-state index contributed by atoms with van der Waals surface area (Å²) in [5.74, 6) is -0.985. The molecule has 1 unspecified atom stereocenters. The lowest BCUT2D eigenvalue weighted by molar-refractivity contribution is -0.119. The number of nitrogens with two attached hydrogens (primary N) is 1. The van der Waals surface area contributed by atoms with E-state index in [-0.39, 0.29) is 0 Å². The molecule has 3 aromatic rings. The van der Waals surface area contributed by atoms with Crippen LogP contribution in [0.5, 0.6) is 0 Å². The predicted molar refractivity (Wildman–Crippen MR) is 99.9 cm³/mol. The zero-order valence-corrected chi connectivity index (χ0v) is 14.6. The molecule has 0 fully saturated rings. The summed E-state index contributed by atoms with van der Waals surface area (Å²) in [5.41, 5.74) is 8.91. The summed E-state index contributed by atoms with van der Waals surface area (Å²) < 4.78 is 1.65. The second-order valence-corrected chi connectivity index (χ2v) is 6.14. The van der Waals surface area contributed by atoms with E-state index in [0.29, 0.717) is 11.3 Å². The van der Waals surface area contributed by atoms with Gasteiger partial charge in [0.2, 0.25) is 5.91 Å². The molecule has 132 valence electrons. The number of amides is 2. The SMILES string of the molecule is Cc1cccc(-c2nn(-c3ccccc3)cc2C(=O)NC(C)C(N)=O)c1. The first-order valence-electron chi connectivity index (χ1n) is 8.28. The van der Waals surface area contributed by atoms with Gasteiger partial charge < -0.3 is 11.1 Å². The third kappa shape index (κ3) is 3.64. The van der Waals surface area contributed by atoms with Crippen molar-refractivity contribution in [2.45, 2.75) is 19.9 Å². The second kappa shape index (κ2) is 7.23. The molecular weight excluding hydrogens is 328 g/mol. The van der Waals surface area contributed by atoms with Gasteiger partial charge in [0.1, 0.15) is 11.7 Å². The van der Waals surface area contributed by atoms with E-state index in [1.165, 1.54) is 0 Å². The zero-order chi connectivity index (χ0) is 18.7. The Hall–Kier alpha value is -3.41. The van der Waals surface area contributed by atoms with Gasteiger partial charge in [-0.2, -0.15) is 5.10 Å². The highest BCUT2D eigenvalue weighted by atomic mass is 16.2. The Kier molecular flexibility index (Phi) is 4.84. The quantitative estimate of drug-likeness (QED) is 0.742. The van der Waals surface area contributed by atoms with Gasteiger partial charge in [0.05, 0.1) is 11.3 Å². The van der Waals surface area contributed by atoms with Crippen LogP contribution >= 0.6 is 0 Å². The molecule has 1 aromatic heterocycles. The molecule has 0 saturated carbocycles. The van der Waals surface area contributed by atoms with Crippen LogP contribution in [0.2, 0.25) is 0 Å². The fraction of sp³-hybridized carbons (Fsp3) is 0.150. The minimum Gasteiger partial charge on any atom is -0.368 e. The first kappa shape index (κ1) is 17.4. The molecule has 1 atom stereocenters. The van der Waals surface area contributed by atoms with Crippen molar-refractivity contribution < 1.29 is 9.59 Å². The summed E-state index contributed by atoms with van der Waals surface area (Å²) in [6.07, 6.45) is 1.66. The maximum atomic E-state index is 12.7. The lowest BCUT2D eigenvalue weighted by Gasteiger charge is -2.10. The molecule has 3 N–H and O–H groups in total. The van der Waals surface area contributed by atoms with Crippen molar-refractivity contribution in [1.29, 1.82) is 0 Å². The number of aryl methyl sites for hydroxylation is 1. The van der Waals surface area contributed by atoms with Gasteiger partial charge in [-0.3, -0.25) is 9.59 Å². The number of rotatable bonds is 5. The van der Waals surface area contributed by atoms with Crippen LogP contribution < -0.4 is 11.1 Å². The van der Waals surface area contributed by atoms with E-state index in [4.69, 9.17) is 5.73 Å². The Morgan fingerprint density at radius 1 is 1.12 bits per heavy atom. The summed E-state index contributed by atoms with van der Waals surface area (Å²) in [5, 5.41) is 7.22. The number of aromatic nitrogens is 2. The Morgan fingerprint density at radius 2 is 1.85 bits per heavy atom. The van der Waals surface area contributed by atoms with Crippen LogP contribution in [0.4, 0.5) is 0 Å². The van der Waals surface area contributed by atoms with Gasteiger partial charge in [-0.25, -0.2) is 4.68 Å². The van der Waals surface area contributed by atoms with Crippen LogP contribution in [-0.4, -0.2) is 27.6 Å². The molecule has 0 saturated heterocycles. The predicted octanol–water partition coefficient (Wildman–Crippen LogP) is 2.45. The van der Waals surface area contributed by atoms with Crippen molar-refractivity contribution in [3.05, 3.63) is 71.9 Å². The number of para-hydroxylation sites is 1. The number of carbonyl (C=O) groups excluding carboxylic acids is 2. The minimum absolute atomic E-state index is 0.382. The molecule has 2 aromatic carbocycles. The maximum absolute atomic E-state index is 12.7. The number of carbonyl (C=O) groups is 2. The van der Waals surface area contributed by atoms with Crippen molar-refractivity contribution in [3.8, 4) is 16.9 Å². The van der Waals surface area contributed by atoms with Gasteiger partial charge in [0.15, 0.2) is 0 Å². The fourth-order valence-electron chi connectivity index (χ4n) is 2.60. The Morgan fingerprint density at radius 3 is 2.50 bits per heavy atom. The molecule has 0 aliphatic heterocycles. The first-order valence-corrected chi connectivity index (χ1v) is 8.28. The van der Waals surface area contributed by atoms with Crippen molar-refractivity contribution in [1.82, 2.24) is 15.1 Å². The molecule has 1 heterocycles. The van der Waals surface area contributed by atoms with Gasteiger partial charge >= 0.3 is 0 Å². The molecule has 0 aliphatic carbocycles. The van der Waals surface area contributed by atoms with E-state index in [1.54, 1.807) is 17.8 Å². The molecule has 3 rings (SSSR count). The highest BCUT2D eigenvalue weighted by molar-refractivity contribution is 6.01. The molecule has 26 heavy (non-hydrogen) atoms. The van der Waals surface area contributed by atoms with E-state index in [9.17, 15) is 9.59 Å². The third-order valence-electron chi connectivity index (χ3n) is 4.05. The monoisotopic (exact) mass is 348 g/mol. The van der Waals surface area contributed by atoms with Crippen LogP contribution in [0.1, 0.15) is 22.8 Å². The van der Waals surface area contributed by atoms with Crippen LogP contribution in [-0.2, 0) is 4.79 Å². The summed E-state index contributed by atoms with van der Waals surface area (Å²) in [7, 11) is 0. The molecule has 6 heteroatoms. The number of hydrogen-bond acceptors (Lipinski definition) is 3. The Balaban J connectivity index is 2.07. The zero-order valence-electron chi connectivity index (χ0n) is 14.6. The van der Waals surface area contributed by atoms with Crippen LogP contribution in [0.15, 0.2) is 60.8 Å². The smallest absolute Gasteiger partial charge is 0.255 e. The number of benzene rings is 2. The summed E-state index contributed by atoms with van der Waals surface area (Å²) in [6, 6.07) is 16.5. The molecule has 2 amide bonds. The first-order chi connectivity index (χ1) is 12.5. The van der Waals surface area contributed by atoms with Crippen molar-refractivity contribution in [2.75, 3.05) is 0 Å². The van der Waals surface area contributed by atoms with E-state index < -0.39 is 17.9 Å². The molecule has 0 radical (unpaired) electrons. The van der Waals surface area contributed by atoms with Crippen LogP contribution in [0, 0.1) is 6.92 Å². The molecule has 0 aliphatic rings. The van der Waals surface area contributed by atoms with Crippen LogP contribution in [0.3, 0.4) is 0 Å². The lowest BCUT2D eigenvalue weighted by Crippen LogP contribution is -2.42. The number of nitrogens with zero attached hydrogens (tertiary/aromatic N) is 2. The summed E-state index contributed by atoms with van der Waals surface area (Å²) in [6.45, 7) is 3.53. The fourth-order valence-corrected chi connectivity index (χ4v) is 2.60. The van der Waals surface area contributed by atoms with Gasteiger partial charge in [0.25, 0.3) is 5.91 Å². The molecular formula is C20H20N4O2. The van der Waals surface area contributed by atoms with Crippen LogP contribution in [0.25, 0.3) is 16.9 Å². The van der Waals surface area contributed by atoms with E-state index in [0.717, 1.165) is 16.8 Å². The van der Waals surface area contributed by atoms with E-state index in [1.807, 2.05) is 61.5 Å². The Bertz CT molecular complexity index is 947. The average molecular weight is 348 g/mol. The average Bonchev–Trinajstić information content (AvgIpc) is 3.08. The number of nitrogens with one attached hydrogen (secondary N) is 1. The highest BCUT2D eigenvalue weighted by Gasteiger charge is 2.21. The maximum Gasteiger partial charge on any atom is 0.255 e.